The van der Waals surface area contributed by atoms with Crippen LogP contribution in [0.3, 0.4) is 0 Å². The first-order valence-electron chi connectivity index (χ1n) is 6.69. The lowest BCUT2D eigenvalue weighted by molar-refractivity contribution is 1.35. The zero-order chi connectivity index (χ0) is 14.8. The van der Waals surface area contributed by atoms with Gasteiger partial charge in [-0.3, -0.25) is 0 Å². The first-order chi connectivity index (χ1) is 10.1. The Bertz CT molecular complexity index is 745. The van der Waals surface area contributed by atoms with Gasteiger partial charge in [0.15, 0.2) is 5.13 Å². The van der Waals surface area contributed by atoms with Crippen molar-refractivity contribution in [2.45, 2.75) is 13.8 Å². The normalized spacial score (nSPS) is 10.6. The van der Waals surface area contributed by atoms with Gasteiger partial charge in [-0.15, -0.1) is 11.3 Å². The lowest BCUT2D eigenvalue weighted by atomic mass is 10.1. The second-order valence-corrected chi connectivity index (χ2v) is 6.56. The summed E-state index contributed by atoms with van der Waals surface area (Å²) in [4.78, 5) is 5.88. The molecule has 21 heavy (non-hydrogen) atoms. The van der Waals surface area contributed by atoms with E-state index in [9.17, 15) is 0 Å². The molecule has 1 heterocycles. The molecule has 2 nitrogen and oxygen atoms in total. The Kier molecular flexibility index (Phi) is 3.95. The lowest BCUT2D eigenvalue weighted by Crippen LogP contribution is -1.89. The minimum absolute atomic E-state index is 0.740. The maximum absolute atomic E-state index is 5.93. The first-order valence-corrected chi connectivity index (χ1v) is 7.88. The van der Waals surface area contributed by atoms with Crippen LogP contribution in [0.4, 0.5) is 10.8 Å². The third kappa shape index (κ3) is 3.26. The van der Waals surface area contributed by atoms with Crippen molar-refractivity contribution in [3.63, 3.8) is 0 Å². The van der Waals surface area contributed by atoms with Gasteiger partial charge in [0.05, 0.1) is 5.69 Å². The average Bonchev–Trinajstić information content (AvgIpc) is 2.83. The van der Waals surface area contributed by atoms with E-state index < -0.39 is 0 Å². The highest BCUT2D eigenvalue weighted by atomic mass is 35.5. The number of hydrogen-bond acceptors (Lipinski definition) is 3. The molecular formula is C17H15ClN2S. The zero-order valence-electron chi connectivity index (χ0n) is 11.9. The van der Waals surface area contributed by atoms with Crippen LogP contribution in [0.25, 0.3) is 11.3 Å². The van der Waals surface area contributed by atoms with E-state index in [4.69, 9.17) is 16.6 Å². The van der Waals surface area contributed by atoms with E-state index in [0.29, 0.717) is 0 Å². The van der Waals surface area contributed by atoms with E-state index in [-0.39, 0.29) is 0 Å². The Labute approximate surface area is 133 Å². The van der Waals surface area contributed by atoms with Crippen molar-refractivity contribution in [2.75, 3.05) is 5.32 Å². The van der Waals surface area contributed by atoms with E-state index in [0.717, 1.165) is 27.1 Å². The van der Waals surface area contributed by atoms with Gasteiger partial charge in [0.25, 0.3) is 0 Å². The minimum atomic E-state index is 0.740. The second-order valence-electron chi connectivity index (χ2n) is 4.92. The molecule has 0 aliphatic carbocycles. The predicted molar refractivity (Wildman–Crippen MR) is 91.8 cm³/mol. The van der Waals surface area contributed by atoms with Gasteiger partial charge in [0.2, 0.25) is 0 Å². The quantitative estimate of drug-likeness (QED) is 0.658. The molecular weight excluding hydrogens is 300 g/mol. The average molecular weight is 315 g/mol. The molecule has 1 N–H and O–H groups in total. The molecule has 0 bridgehead atoms. The van der Waals surface area contributed by atoms with Crippen molar-refractivity contribution in [2.24, 2.45) is 0 Å². The zero-order valence-corrected chi connectivity index (χ0v) is 13.4. The topological polar surface area (TPSA) is 24.9 Å². The third-order valence-electron chi connectivity index (χ3n) is 3.22. The molecule has 0 saturated heterocycles. The van der Waals surface area contributed by atoms with E-state index in [1.165, 1.54) is 10.4 Å². The summed E-state index contributed by atoms with van der Waals surface area (Å²) in [7, 11) is 0. The van der Waals surface area contributed by atoms with Crippen molar-refractivity contribution in [1.82, 2.24) is 4.98 Å². The molecule has 0 fully saturated rings. The smallest absolute Gasteiger partial charge is 0.187 e. The summed E-state index contributed by atoms with van der Waals surface area (Å²) < 4.78 is 0. The number of rotatable bonds is 3. The molecule has 0 atom stereocenters. The predicted octanol–water partition coefficient (Wildman–Crippen LogP) is 5.82. The van der Waals surface area contributed by atoms with Crippen LogP contribution >= 0.6 is 22.9 Å². The van der Waals surface area contributed by atoms with Crippen LogP contribution in [0.5, 0.6) is 0 Å². The number of hydrogen-bond donors (Lipinski definition) is 1. The minimum Gasteiger partial charge on any atom is -0.332 e. The highest BCUT2D eigenvalue weighted by Gasteiger charge is 2.10. The van der Waals surface area contributed by atoms with Crippen LogP contribution in [0.2, 0.25) is 5.02 Å². The second kappa shape index (κ2) is 5.88. The van der Waals surface area contributed by atoms with Crippen LogP contribution in [0, 0.1) is 13.8 Å². The van der Waals surface area contributed by atoms with E-state index in [2.05, 4.69) is 43.4 Å². The van der Waals surface area contributed by atoms with Crippen molar-refractivity contribution < 1.29 is 0 Å². The highest BCUT2D eigenvalue weighted by Crippen LogP contribution is 2.32. The molecule has 0 aliphatic rings. The van der Waals surface area contributed by atoms with Gasteiger partial charge < -0.3 is 5.32 Å². The number of nitrogens with one attached hydrogen (secondary N) is 1. The van der Waals surface area contributed by atoms with Crippen molar-refractivity contribution >= 4 is 33.8 Å². The van der Waals surface area contributed by atoms with Gasteiger partial charge in [-0.2, -0.15) is 0 Å². The molecule has 3 rings (SSSR count). The largest absolute Gasteiger partial charge is 0.332 e. The molecule has 0 radical (unpaired) electrons. The fraction of sp³-hybridized carbons (Fsp3) is 0.118. The summed E-state index contributed by atoms with van der Waals surface area (Å²) in [6.45, 7) is 4.16. The summed E-state index contributed by atoms with van der Waals surface area (Å²) in [6, 6.07) is 16.1. The molecule has 0 saturated carbocycles. The van der Waals surface area contributed by atoms with Gasteiger partial charge in [-0.25, -0.2) is 4.98 Å². The van der Waals surface area contributed by atoms with Gasteiger partial charge in [-0.1, -0.05) is 41.4 Å². The van der Waals surface area contributed by atoms with Crippen LogP contribution in [0.15, 0.2) is 48.5 Å². The summed E-state index contributed by atoms with van der Waals surface area (Å²) in [5, 5.41) is 5.00. The Hall–Kier alpha value is -1.84. The molecule has 0 spiro atoms. The molecule has 0 unspecified atom stereocenters. The van der Waals surface area contributed by atoms with E-state index in [1.807, 2.05) is 24.3 Å². The SMILES string of the molecule is Cc1ccc(Nc2nc(-c3ccc(Cl)cc3)c(C)s2)cc1. The fourth-order valence-electron chi connectivity index (χ4n) is 2.09. The van der Waals surface area contributed by atoms with Crippen molar-refractivity contribution in [1.29, 1.82) is 0 Å². The standard InChI is InChI=1S/C17H15ClN2S/c1-11-3-9-15(10-4-11)19-17-20-16(12(2)21-17)13-5-7-14(18)8-6-13/h3-10H,1-2H3,(H,19,20). The Morgan fingerprint density at radius 2 is 1.62 bits per heavy atom. The van der Waals surface area contributed by atoms with Crippen LogP contribution in [-0.4, -0.2) is 4.98 Å². The van der Waals surface area contributed by atoms with Gasteiger partial charge in [-0.05, 0) is 38.1 Å². The van der Waals surface area contributed by atoms with Gasteiger partial charge in [0.1, 0.15) is 0 Å². The maximum Gasteiger partial charge on any atom is 0.187 e. The third-order valence-corrected chi connectivity index (χ3v) is 4.36. The first kappa shape index (κ1) is 14.1. The summed E-state index contributed by atoms with van der Waals surface area (Å²) in [5.41, 5.74) is 4.39. The summed E-state index contributed by atoms with van der Waals surface area (Å²) in [5.74, 6) is 0. The Morgan fingerprint density at radius 3 is 2.29 bits per heavy atom. The molecule has 2 aromatic carbocycles. The van der Waals surface area contributed by atoms with E-state index >= 15 is 0 Å². The van der Waals surface area contributed by atoms with Gasteiger partial charge in [0, 0.05) is 21.2 Å². The number of aromatic nitrogens is 1. The molecule has 4 heteroatoms. The number of anilines is 2. The number of halogens is 1. The van der Waals surface area contributed by atoms with E-state index in [1.54, 1.807) is 11.3 Å². The summed E-state index contributed by atoms with van der Waals surface area (Å²) in [6.07, 6.45) is 0. The molecule has 1 aromatic heterocycles. The number of nitrogens with zero attached hydrogens (tertiary/aromatic N) is 1. The Balaban J connectivity index is 1.87. The van der Waals surface area contributed by atoms with Crippen molar-refractivity contribution in [3.05, 3.63) is 64.0 Å². The number of thiazole rings is 1. The Morgan fingerprint density at radius 1 is 0.952 bits per heavy atom. The molecule has 3 aromatic rings. The monoisotopic (exact) mass is 314 g/mol. The summed E-state index contributed by atoms with van der Waals surface area (Å²) >= 11 is 7.59. The molecule has 0 amide bonds. The maximum atomic E-state index is 5.93. The van der Waals surface area contributed by atoms with Gasteiger partial charge >= 0.3 is 0 Å². The van der Waals surface area contributed by atoms with Crippen LogP contribution in [-0.2, 0) is 0 Å². The molecule has 106 valence electrons. The number of aryl methyl sites for hydroxylation is 2. The molecule has 0 aliphatic heterocycles. The lowest BCUT2D eigenvalue weighted by Gasteiger charge is -2.02. The van der Waals surface area contributed by atoms with Crippen LogP contribution in [0.1, 0.15) is 10.4 Å². The number of benzene rings is 2. The van der Waals surface area contributed by atoms with Crippen molar-refractivity contribution in [3.8, 4) is 11.3 Å². The fourth-order valence-corrected chi connectivity index (χ4v) is 3.07. The van der Waals surface area contributed by atoms with Crippen LogP contribution < -0.4 is 5.32 Å². The highest BCUT2D eigenvalue weighted by molar-refractivity contribution is 7.16.